The van der Waals surface area contributed by atoms with Gasteiger partial charge in [-0.2, -0.15) is 4.98 Å². The highest BCUT2D eigenvalue weighted by Gasteiger charge is 1.98. The summed E-state index contributed by atoms with van der Waals surface area (Å²) < 4.78 is 5.45. The molecule has 1 N–H and O–H groups in total. The number of aromatic nitrogens is 2. The van der Waals surface area contributed by atoms with E-state index in [1.54, 1.807) is 43.5 Å². The lowest BCUT2D eigenvalue weighted by Gasteiger charge is -2.04. The summed E-state index contributed by atoms with van der Waals surface area (Å²) in [7, 11) is 0. The fraction of sp³-hybridized carbons (Fsp3) is 0.0909. The Morgan fingerprint density at radius 3 is 2.53 bits per heavy atom. The van der Waals surface area contributed by atoms with Gasteiger partial charge in [0, 0.05) is 12.3 Å². The van der Waals surface area contributed by atoms with Crippen LogP contribution in [0.1, 0.15) is 5.82 Å². The van der Waals surface area contributed by atoms with Crippen LogP contribution in [0.25, 0.3) is 0 Å². The molecule has 0 saturated heterocycles. The van der Waals surface area contributed by atoms with Gasteiger partial charge in [0.15, 0.2) is 0 Å². The number of phenols is 1. The fourth-order valence-electron chi connectivity index (χ4n) is 1.13. The quantitative estimate of drug-likeness (QED) is 0.811. The maximum atomic E-state index is 9.09. The third-order valence-corrected chi connectivity index (χ3v) is 1.81. The molecule has 0 radical (unpaired) electrons. The van der Waals surface area contributed by atoms with E-state index in [2.05, 4.69) is 9.97 Å². The van der Waals surface area contributed by atoms with Crippen LogP contribution in [0.2, 0.25) is 0 Å². The summed E-state index contributed by atoms with van der Waals surface area (Å²) in [5, 5.41) is 9.09. The van der Waals surface area contributed by atoms with Gasteiger partial charge >= 0.3 is 0 Å². The first kappa shape index (κ1) is 9.45. The molecular weight excluding hydrogens is 192 g/mol. The Morgan fingerprint density at radius 2 is 1.87 bits per heavy atom. The molecule has 15 heavy (non-hydrogen) atoms. The van der Waals surface area contributed by atoms with Crippen LogP contribution in [0, 0.1) is 6.92 Å². The van der Waals surface area contributed by atoms with Crippen molar-refractivity contribution in [1.29, 1.82) is 0 Å². The van der Waals surface area contributed by atoms with E-state index < -0.39 is 0 Å². The number of benzene rings is 1. The SMILES string of the molecule is Cc1nccc(Oc2ccc(O)cc2)n1. The van der Waals surface area contributed by atoms with Gasteiger partial charge in [-0.25, -0.2) is 4.98 Å². The van der Waals surface area contributed by atoms with Gasteiger partial charge in [0.2, 0.25) is 5.88 Å². The number of ether oxygens (including phenoxy) is 1. The normalized spacial score (nSPS) is 9.93. The number of hydrogen-bond donors (Lipinski definition) is 1. The van der Waals surface area contributed by atoms with Crippen LogP contribution in [0.5, 0.6) is 17.4 Å². The average Bonchev–Trinajstić information content (AvgIpc) is 2.22. The van der Waals surface area contributed by atoms with Crippen molar-refractivity contribution in [1.82, 2.24) is 9.97 Å². The smallest absolute Gasteiger partial charge is 0.222 e. The second-order valence-corrected chi connectivity index (χ2v) is 3.04. The third kappa shape index (κ3) is 2.43. The summed E-state index contributed by atoms with van der Waals surface area (Å²) in [6.07, 6.45) is 1.64. The number of nitrogens with zero attached hydrogens (tertiary/aromatic N) is 2. The minimum Gasteiger partial charge on any atom is -0.508 e. The van der Waals surface area contributed by atoms with Crippen LogP contribution in [0.3, 0.4) is 0 Å². The molecule has 1 aromatic carbocycles. The van der Waals surface area contributed by atoms with Gasteiger partial charge in [0.1, 0.15) is 17.3 Å². The van der Waals surface area contributed by atoms with E-state index in [0.29, 0.717) is 17.5 Å². The molecule has 2 rings (SSSR count). The molecule has 2 aromatic rings. The van der Waals surface area contributed by atoms with Gasteiger partial charge in [-0.1, -0.05) is 0 Å². The molecule has 0 amide bonds. The molecule has 0 bridgehead atoms. The van der Waals surface area contributed by atoms with E-state index in [-0.39, 0.29) is 5.75 Å². The maximum Gasteiger partial charge on any atom is 0.222 e. The molecule has 0 saturated carbocycles. The zero-order valence-electron chi connectivity index (χ0n) is 8.21. The molecule has 4 heteroatoms. The maximum absolute atomic E-state index is 9.09. The molecular formula is C11H10N2O2. The molecule has 0 atom stereocenters. The Balaban J connectivity index is 2.18. The number of phenolic OH excluding ortho intramolecular Hbond substituents is 1. The number of aryl methyl sites for hydroxylation is 1. The van der Waals surface area contributed by atoms with Crippen molar-refractivity contribution in [3.63, 3.8) is 0 Å². The summed E-state index contributed by atoms with van der Waals surface area (Å²) in [5.41, 5.74) is 0. The first-order chi connectivity index (χ1) is 7.24. The van der Waals surface area contributed by atoms with Crippen molar-refractivity contribution in [2.24, 2.45) is 0 Å². The van der Waals surface area contributed by atoms with Crippen LogP contribution in [-0.4, -0.2) is 15.1 Å². The van der Waals surface area contributed by atoms with Gasteiger partial charge in [0.05, 0.1) is 0 Å². The standard InChI is InChI=1S/C11H10N2O2/c1-8-12-7-6-11(13-8)15-10-4-2-9(14)3-5-10/h2-7,14H,1H3. The molecule has 1 aromatic heterocycles. The molecule has 0 aliphatic rings. The lowest BCUT2D eigenvalue weighted by Crippen LogP contribution is -1.91. The number of aromatic hydroxyl groups is 1. The summed E-state index contributed by atoms with van der Waals surface area (Å²) >= 11 is 0. The molecule has 76 valence electrons. The Kier molecular flexibility index (Phi) is 2.49. The summed E-state index contributed by atoms with van der Waals surface area (Å²) in [4.78, 5) is 8.06. The monoisotopic (exact) mass is 202 g/mol. The predicted octanol–water partition coefficient (Wildman–Crippen LogP) is 2.28. The molecule has 1 heterocycles. The lowest BCUT2D eigenvalue weighted by molar-refractivity contribution is 0.452. The average molecular weight is 202 g/mol. The van der Waals surface area contributed by atoms with Crippen molar-refractivity contribution in [3.05, 3.63) is 42.4 Å². The Morgan fingerprint density at radius 1 is 1.13 bits per heavy atom. The van der Waals surface area contributed by atoms with Crippen molar-refractivity contribution >= 4 is 0 Å². The fourth-order valence-corrected chi connectivity index (χ4v) is 1.13. The summed E-state index contributed by atoms with van der Waals surface area (Å²) in [6.45, 7) is 1.80. The number of hydrogen-bond acceptors (Lipinski definition) is 4. The first-order valence-corrected chi connectivity index (χ1v) is 4.50. The van der Waals surface area contributed by atoms with E-state index in [0.717, 1.165) is 0 Å². The van der Waals surface area contributed by atoms with Crippen molar-refractivity contribution in [3.8, 4) is 17.4 Å². The molecule has 0 aliphatic heterocycles. The van der Waals surface area contributed by atoms with Gasteiger partial charge in [-0.15, -0.1) is 0 Å². The molecule has 0 unspecified atom stereocenters. The highest BCUT2D eigenvalue weighted by atomic mass is 16.5. The van der Waals surface area contributed by atoms with E-state index in [9.17, 15) is 0 Å². The predicted molar refractivity (Wildman–Crippen MR) is 54.9 cm³/mol. The van der Waals surface area contributed by atoms with Crippen LogP contribution in [0.15, 0.2) is 36.5 Å². The minimum atomic E-state index is 0.209. The first-order valence-electron chi connectivity index (χ1n) is 4.50. The Hall–Kier alpha value is -2.10. The van der Waals surface area contributed by atoms with E-state index in [4.69, 9.17) is 9.84 Å². The van der Waals surface area contributed by atoms with Crippen molar-refractivity contribution in [2.45, 2.75) is 6.92 Å². The third-order valence-electron chi connectivity index (χ3n) is 1.81. The zero-order valence-corrected chi connectivity index (χ0v) is 8.21. The topological polar surface area (TPSA) is 55.2 Å². The number of rotatable bonds is 2. The summed E-state index contributed by atoms with van der Waals surface area (Å²) in [6, 6.07) is 8.15. The van der Waals surface area contributed by atoms with Crippen LogP contribution >= 0.6 is 0 Å². The molecule has 0 spiro atoms. The van der Waals surface area contributed by atoms with Crippen LogP contribution < -0.4 is 4.74 Å². The zero-order chi connectivity index (χ0) is 10.7. The second kappa shape index (κ2) is 3.96. The minimum absolute atomic E-state index is 0.209. The lowest BCUT2D eigenvalue weighted by atomic mass is 10.3. The van der Waals surface area contributed by atoms with Gasteiger partial charge < -0.3 is 9.84 Å². The Bertz CT molecular complexity index is 454. The molecule has 4 nitrogen and oxygen atoms in total. The molecule has 0 fully saturated rings. The van der Waals surface area contributed by atoms with Gasteiger partial charge in [-0.05, 0) is 31.2 Å². The van der Waals surface area contributed by atoms with Crippen LogP contribution in [-0.2, 0) is 0 Å². The van der Waals surface area contributed by atoms with E-state index in [1.807, 2.05) is 0 Å². The van der Waals surface area contributed by atoms with Gasteiger partial charge in [0.25, 0.3) is 0 Å². The van der Waals surface area contributed by atoms with Crippen molar-refractivity contribution < 1.29 is 9.84 Å². The Labute approximate surface area is 87.2 Å². The second-order valence-electron chi connectivity index (χ2n) is 3.04. The van der Waals surface area contributed by atoms with Crippen LogP contribution in [0.4, 0.5) is 0 Å². The van der Waals surface area contributed by atoms with E-state index >= 15 is 0 Å². The highest BCUT2D eigenvalue weighted by molar-refractivity contribution is 5.32. The van der Waals surface area contributed by atoms with Gasteiger partial charge in [-0.3, -0.25) is 0 Å². The van der Waals surface area contributed by atoms with Crippen molar-refractivity contribution in [2.75, 3.05) is 0 Å². The van der Waals surface area contributed by atoms with E-state index in [1.165, 1.54) is 0 Å². The largest absolute Gasteiger partial charge is 0.508 e. The molecule has 0 aliphatic carbocycles. The highest BCUT2D eigenvalue weighted by Crippen LogP contribution is 2.21. The summed E-state index contributed by atoms with van der Waals surface area (Å²) in [5.74, 6) is 1.99.